The van der Waals surface area contributed by atoms with Gasteiger partial charge in [-0.05, 0) is 55.3 Å². The second-order valence-corrected chi connectivity index (χ2v) is 11.0. The molecule has 2 aliphatic rings. The highest BCUT2D eigenvalue weighted by Gasteiger charge is 2.45. The normalized spacial score (nSPS) is 19.6. The van der Waals surface area contributed by atoms with Crippen LogP contribution in [-0.4, -0.2) is 57.7 Å². The number of thioether (sulfide) groups is 1. The summed E-state index contributed by atoms with van der Waals surface area (Å²) in [5.41, 5.74) is -0.473. The van der Waals surface area contributed by atoms with Gasteiger partial charge in [0.1, 0.15) is 16.7 Å². The first kappa shape index (κ1) is 30.3. The number of hydrogen-bond acceptors (Lipinski definition) is 7. The van der Waals surface area contributed by atoms with Gasteiger partial charge in [-0.2, -0.15) is 13.2 Å². The van der Waals surface area contributed by atoms with E-state index in [2.05, 4.69) is 15.3 Å². The minimum absolute atomic E-state index is 0.00889. The van der Waals surface area contributed by atoms with E-state index in [9.17, 15) is 22.8 Å². The first-order valence-electron chi connectivity index (χ1n) is 12.4. The number of nitrogens with one attached hydrogen (secondary N) is 1. The Bertz CT molecular complexity index is 1400. The van der Waals surface area contributed by atoms with Crippen molar-refractivity contribution >= 4 is 52.1 Å². The molecule has 0 spiro atoms. The lowest BCUT2D eigenvalue weighted by Crippen LogP contribution is -2.38. The quantitative estimate of drug-likeness (QED) is 0.333. The maximum Gasteiger partial charge on any atom is 0.417 e. The molecule has 218 valence electrons. The van der Waals surface area contributed by atoms with Gasteiger partial charge in [0, 0.05) is 12.1 Å². The van der Waals surface area contributed by atoms with Crippen molar-refractivity contribution in [3.63, 3.8) is 0 Å². The number of carboxylic acid groups (broad SMARTS) is 1. The molecule has 0 saturated heterocycles. The predicted octanol–water partition coefficient (Wildman–Crippen LogP) is 6.44. The summed E-state index contributed by atoms with van der Waals surface area (Å²) in [5, 5.41) is 11.1. The van der Waals surface area contributed by atoms with Gasteiger partial charge in [-0.1, -0.05) is 41.6 Å². The molecule has 0 aliphatic carbocycles. The average molecular weight is 611 g/mol. The molecule has 0 saturated carbocycles. The Morgan fingerprint density at radius 2 is 1.95 bits per heavy atom. The minimum atomic E-state index is -4.70. The molecule has 0 fully saturated rings. The lowest BCUT2D eigenvalue weighted by molar-refractivity contribution is -0.138. The fourth-order valence-corrected chi connectivity index (χ4v) is 5.42. The number of nitrogens with zero attached hydrogens (tertiary/aromatic N) is 3. The monoisotopic (exact) mass is 610 g/mol. The van der Waals surface area contributed by atoms with E-state index in [0.29, 0.717) is 28.8 Å². The lowest BCUT2D eigenvalue weighted by Gasteiger charge is -2.27. The molecule has 2 N–H and O–H groups in total. The SMILES string of the molecule is COC1=NC2(C)SC(N(Cc3ccc(OCCCC(=O)O)cc3)C(=O)Nc3ccc(Cl)c(C(F)(F)F)c3)=NC2C=C1. The van der Waals surface area contributed by atoms with E-state index in [0.717, 1.165) is 12.1 Å². The zero-order valence-corrected chi connectivity index (χ0v) is 23.5. The number of methoxy groups -OCH3 is 1. The number of carboxylic acids is 1. The van der Waals surface area contributed by atoms with Crippen LogP contribution in [0.1, 0.15) is 30.9 Å². The van der Waals surface area contributed by atoms with Crippen molar-refractivity contribution in [2.75, 3.05) is 19.0 Å². The number of halogens is 4. The molecule has 0 bridgehead atoms. The van der Waals surface area contributed by atoms with Gasteiger partial charge >= 0.3 is 18.2 Å². The zero-order valence-electron chi connectivity index (χ0n) is 21.9. The van der Waals surface area contributed by atoms with Gasteiger partial charge in [-0.15, -0.1) is 0 Å². The van der Waals surface area contributed by atoms with Gasteiger partial charge in [-0.3, -0.25) is 14.7 Å². The van der Waals surface area contributed by atoms with E-state index in [4.69, 9.17) is 26.2 Å². The number of fused-ring (bicyclic) bond motifs is 1. The van der Waals surface area contributed by atoms with Crippen LogP contribution in [0, 0.1) is 0 Å². The number of carbonyl (C=O) groups excluding carboxylic acids is 1. The average Bonchev–Trinajstić information content (AvgIpc) is 3.26. The molecule has 2 aliphatic heterocycles. The zero-order chi connectivity index (χ0) is 29.8. The molecule has 4 rings (SSSR count). The van der Waals surface area contributed by atoms with Gasteiger partial charge in [-0.25, -0.2) is 9.79 Å². The predicted molar refractivity (Wildman–Crippen MR) is 151 cm³/mol. The highest BCUT2D eigenvalue weighted by atomic mass is 35.5. The number of ether oxygens (including phenoxy) is 2. The maximum atomic E-state index is 13.5. The number of dihydropyridines is 1. The molecule has 2 aromatic carbocycles. The molecular weight excluding hydrogens is 585 g/mol. The van der Waals surface area contributed by atoms with Gasteiger partial charge in [0.15, 0.2) is 5.17 Å². The number of amides is 2. The summed E-state index contributed by atoms with van der Waals surface area (Å²) in [6.07, 6.45) is -0.859. The van der Waals surface area contributed by atoms with E-state index >= 15 is 0 Å². The molecule has 0 aromatic heterocycles. The van der Waals surface area contributed by atoms with E-state index in [1.54, 1.807) is 30.3 Å². The molecular formula is C27H26ClF3N4O5S. The highest BCUT2D eigenvalue weighted by Crippen LogP contribution is 2.43. The molecule has 2 amide bonds. The number of carbonyl (C=O) groups is 2. The molecule has 2 atom stereocenters. The Labute approximate surface area is 243 Å². The number of benzene rings is 2. The Balaban J connectivity index is 1.56. The van der Waals surface area contributed by atoms with Crippen LogP contribution in [0.2, 0.25) is 5.02 Å². The number of aliphatic imine (C=N–C) groups is 2. The van der Waals surface area contributed by atoms with E-state index in [-0.39, 0.29) is 25.3 Å². The van der Waals surface area contributed by atoms with Crippen LogP contribution >= 0.6 is 23.4 Å². The highest BCUT2D eigenvalue weighted by molar-refractivity contribution is 8.15. The number of amidine groups is 1. The van der Waals surface area contributed by atoms with Gasteiger partial charge in [0.2, 0.25) is 5.90 Å². The number of aliphatic carboxylic acids is 1. The first-order valence-corrected chi connectivity index (χ1v) is 13.5. The van der Waals surface area contributed by atoms with Crippen LogP contribution in [-0.2, 0) is 22.3 Å². The first-order chi connectivity index (χ1) is 19.4. The van der Waals surface area contributed by atoms with Gasteiger partial charge in [0.25, 0.3) is 0 Å². The molecule has 2 unspecified atom stereocenters. The molecule has 9 nitrogen and oxygen atoms in total. The van der Waals surface area contributed by atoms with E-state index in [1.807, 2.05) is 13.0 Å². The van der Waals surface area contributed by atoms with Crippen LogP contribution in [0.5, 0.6) is 5.75 Å². The second kappa shape index (κ2) is 12.4. The van der Waals surface area contributed by atoms with Crippen molar-refractivity contribution in [1.29, 1.82) is 0 Å². The van der Waals surface area contributed by atoms with E-state index in [1.165, 1.54) is 29.8 Å². The smallest absolute Gasteiger partial charge is 0.417 e. The Morgan fingerprint density at radius 1 is 1.22 bits per heavy atom. The van der Waals surface area contributed by atoms with Crippen molar-refractivity contribution in [2.45, 2.75) is 43.4 Å². The number of rotatable bonds is 8. The number of alkyl halides is 3. The van der Waals surface area contributed by atoms with Crippen molar-refractivity contribution in [2.24, 2.45) is 9.98 Å². The molecule has 2 aromatic rings. The van der Waals surface area contributed by atoms with Crippen molar-refractivity contribution in [1.82, 2.24) is 4.90 Å². The molecule has 0 radical (unpaired) electrons. The summed E-state index contributed by atoms with van der Waals surface area (Å²) in [4.78, 5) is 34.0. The fourth-order valence-electron chi connectivity index (χ4n) is 4.01. The largest absolute Gasteiger partial charge is 0.494 e. The lowest BCUT2D eigenvalue weighted by atomic mass is 10.1. The van der Waals surface area contributed by atoms with Crippen LogP contribution in [0.15, 0.2) is 64.6 Å². The van der Waals surface area contributed by atoms with Crippen LogP contribution in [0.4, 0.5) is 23.7 Å². The molecule has 14 heteroatoms. The summed E-state index contributed by atoms with van der Waals surface area (Å²) >= 11 is 6.97. The Hall–Kier alpha value is -3.71. The maximum absolute atomic E-state index is 13.5. The van der Waals surface area contributed by atoms with Crippen molar-refractivity contribution < 1.29 is 37.3 Å². The number of anilines is 1. The second-order valence-electron chi connectivity index (χ2n) is 9.22. The number of urea groups is 1. The Morgan fingerprint density at radius 3 is 2.61 bits per heavy atom. The van der Waals surface area contributed by atoms with Gasteiger partial charge in [0.05, 0.1) is 30.8 Å². The standard InChI is InChI=1S/C27H26ClF3N4O5S/c1-26-21(11-12-22(34-26)39-2)33-25(41-26)35(15-16-5-8-18(9-6-16)40-13-3-4-23(36)37)24(38)32-17-7-10-20(28)19(14-17)27(29,30)31/h5-12,14,21H,3-4,13,15H2,1-2H3,(H,32,38)(H,36,37). The third-order valence-electron chi connectivity index (χ3n) is 6.13. The minimum Gasteiger partial charge on any atom is -0.494 e. The Kier molecular flexibility index (Phi) is 9.17. The van der Waals surface area contributed by atoms with Crippen LogP contribution in [0.3, 0.4) is 0 Å². The number of hydrogen-bond donors (Lipinski definition) is 2. The fraction of sp³-hybridized carbons (Fsp3) is 0.333. The van der Waals surface area contributed by atoms with E-state index < -0.39 is 39.7 Å². The van der Waals surface area contributed by atoms with Crippen molar-refractivity contribution in [3.05, 3.63) is 70.8 Å². The van der Waals surface area contributed by atoms with Crippen molar-refractivity contribution in [3.8, 4) is 5.75 Å². The summed E-state index contributed by atoms with van der Waals surface area (Å²) < 4.78 is 51.0. The summed E-state index contributed by atoms with van der Waals surface area (Å²) in [6.45, 7) is 2.11. The molecule has 2 heterocycles. The van der Waals surface area contributed by atoms with Crippen LogP contribution < -0.4 is 10.1 Å². The third-order valence-corrected chi connectivity index (χ3v) is 7.71. The summed E-state index contributed by atoms with van der Waals surface area (Å²) in [7, 11) is 1.49. The summed E-state index contributed by atoms with van der Waals surface area (Å²) in [6, 6.07) is 8.85. The summed E-state index contributed by atoms with van der Waals surface area (Å²) in [5.74, 6) is 0.0220. The van der Waals surface area contributed by atoms with Gasteiger partial charge < -0.3 is 19.9 Å². The van der Waals surface area contributed by atoms with Crippen LogP contribution in [0.25, 0.3) is 0 Å². The topological polar surface area (TPSA) is 113 Å². The third kappa shape index (κ3) is 7.53. The molecule has 41 heavy (non-hydrogen) atoms.